The molecular weight excluding hydrogens is 448 g/mol. The van der Waals surface area contributed by atoms with E-state index in [0.717, 1.165) is 16.0 Å². The van der Waals surface area contributed by atoms with Gasteiger partial charge < -0.3 is 19.1 Å². The summed E-state index contributed by atoms with van der Waals surface area (Å²) in [5.41, 5.74) is 2.66. The largest absolute Gasteiger partial charge is 0.497 e. The minimum Gasteiger partial charge on any atom is -0.497 e. The number of methoxy groups -OCH3 is 1. The van der Waals surface area contributed by atoms with Crippen LogP contribution in [-0.4, -0.2) is 42.6 Å². The third-order valence-corrected chi connectivity index (χ3v) is 6.18. The molecule has 0 N–H and O–H groups in total. The Hall–Kier alpha value is -4.33. The van der Waals surface area contributed by atoms with Crippen LogP contribution >= 0.6 is 0 Å². The maximum Gasteiger partial charge on any atom is 0.257 e. The average molecular weight is 472 g/mol. The van der Waals surface area contributed by atoms with Gasteiger partial charge in [0.25, 0.3) is 11.8 Å². The highest BCUT2D eigenvalue weighted by atomic mass is 16.7. The number of amides is 3. The average Bonchev–Trinajstić information content (AvgIpc) is 3.46. The Labute approximate surface area is 202 Å². The summed E-state index contributed by atoms with van der Waals surface area (Å²) in [5.74, 6) is 0.689. The third kappa shape index (κ3) is 4.30. The maximum absolute atomic E-state index is 13.6. The summed E-state index contributed by atoms with van der Waals surface area (Å²) in [6.45, 7) is 2.20. The minimum atomic E-state index is -0.941. The Balaban J connectivity index is 1.48. The number of ether oxygens (including phenoxy) is 3. The Morgan fingerprint density at radius 2 is 1.71 bits per heavy atom. The molecule has 5 rings (SSSR count). The molecular formula is C27H24N2O6. The van der Waals surface area contributed by atoms with Gasteiger partial charge >= 0.3 is 0 Å². The van der Waals surface area contributed by atoms with E-state index in [-0.39, 0.29) is 31.6 Å². The number of rotatable bonds is 6. The molecule has 1 unspecified atom stereocenters. The van der Waals surface area contributed by atoms with Crippen molar-refractivity contribution in [3.8, 4) is 17.2 Å². The van der Waals surface area contributed by atoms with Crippen molar-refractivity contribution in [1.29, 1.82) is 0 Å². The van der Waals surface area contributed by atoms with Crippen molar-refractivity contribution in [2.75, 3.05) is 18.8 Å². The Bertz CT molecular complexity index is 1290. The standard InChI is InChI=1S/C27H24N2O6/c1-17-3-6-19(7-4-17)26(31)28(15-18-5-12-23-24(13-18)35-16-34-23)22-14-25(30)29(27(22)32)20-8-10-21(33-2)11-9-20/h3-13,22H,14-16H2,1-2H3. The van der Waals surface area contributed by atoms with E-state index in [9.17, 15) is 14.4 Å². The summed E-state index contributed by atoms with van der Waals surface area (Å²) in [6.07, 6.45) is -0.104. The summed E-state index contributed by atoms with van der Waals surface area (Å²) >= 11 is 0. The highest BCUT2D eigenvalue weighted by Crippen LogP contribution is 2.34. The zero-order chi connectivity index (χ0) is 24.5. The van der Waals surface area contributed by atoms with E-state index in [1.165, 1.54) is 4.90 Å². The predicted molar refractivity (Wildman–Crippen MR) is 128 cm³/mol. The van der Waals surface area contributed by atoms with Crippen molar-refractivity contribution >= 4 is 23.4 Å². The fourth-order valence-electron chi connectivity index (χ4n) is 4.28. The van der Waals surface area contributed by atoms with Gasteiger partial charge in [-0.1, -0.05) is 23.8 Å². The molecule has 0 spiro atoms. The number of aryl methyl sites for hydroxylation is 1. The van der Waals surface area contributed by atoms with Gasteiger partial charge in [0.2, 0.25) is 12.7 Å². The van der Waals surface area contributed by atoms with Crippen LogP contribution in [0.2, 0.25) is 0 Å². The third-order valence-electron chi connectivity index (χ3n) is 6.18. The molecule has 8 nitrogen and oxygen atoms in total. The SMILES string of the molecule is COc1ccc(N2C(=O)CC(N(Cc3ccc4c(c3)OCO4)C(=O)c3ccc(C)cc3)C2=O)cc1. The van der Waals surface area contributed by atoms with E-state index in [1.807, 2.05) is 25.1 Å². The van der Waals surface area contributed by atoms with Crippen molar-refractivity contribution in [1.82, 2.24) is 4.90 Å². The van der Waals surface area contributed by atoms with Crippen molar-refractivity contribution < 1.29 is 28.6 Å². The first-order valence-electron chi connectivity index (χ1n) is 11.2. The normalized spacial score (nSPS) is 16.5. The van der Waals surface area contributed by atoms with Crippen LogP contribution in [0, 0.1) is 6.92 Å². The molecule has 1 saturated heterocycles. The highest BCUT2D eigenvalue weighted by molar-refractivity contribution is 6.23. The molecule has 2 aliphatic rings. The van der Waals surface area contributed by atoms with Gasteiger partial charge in [0.05, 0.1) is 19.2 Å². The summed E-state index contributed by atoms with van der Waals surface area (Å²) in [4.78, 5) is 42.7. The van der Waals surface area contributed by atoms with Crippen molar-refractivity contribution in [3.05, 3.63) is 83.4 Å². The molecule has 2 aliphatic heterocycles. The van der Waals surface area contributed by atoms with Crippen LogP contribution in [0.5, 0.6) is 17.2 Å². The maximum atomic E-state index is 13.6. The van der Waals surface area contributed by atoms with Crippen molar-refractivity contribution in [3.63, 3.8) is 0 Å². The van der Waals surface area contributed by atoms with Crippen molar-refractivity contribution in [2.24, 2.45) is 0 Å². The second kappa shape index (κ2) is 9.13. The zero-order valence-corrected chi connectivity index (χ0v) is 19.4. The number of imide groups is 1. The number of anilines is 1. The second-order valence-corrected chi connectivity index (χ2v) is 8.47. The number of nitrogens with zero attached hydrogens (tertiary/aromatic N) is 2. The van der Waals surface area contributed by atoms with Crippen LogP contribution in [0.3, 0.4) is 0 Å². The quantitative estimate of drug-likeness (QED) is 0.509. The van der Waals surface area contributed by atoms with Gasteiger partial charge in [-0.3, -0.25) is 14.4 Å². The van der Waals surface area contributed by atoms with Crippen LogP contribution < -0.4 is 19.1 Å². The molecule has 1 atom stereocenters. The molecule has 3 aromatic rings. The summed E-state index contributed by atoms with van der Waals surface area (Å²) in [5, 5.41) is 0. The Morgan fingerprint density at radius 1 is 1.00 bits per heavy atom. The van der Waals surface area contributed by atoms with Gasteiger partial charge in [-0.05, 0) is 61.0 Å². The zero-order valence-electron chi connectivity index (χ0n) is 19.4. The van der Waals surface area contributed by atoms with Gasteiger partial charge in [-0.25, -0.2) is 4.90 Å². The monoisotopic (exact) mass is 472 g/mol. The second-order valence-electron chi connectivity index (χ2n) is 8.47. The lowest BCUT2D eigenvalue weighted by molar-refractivity contribution is -0.122. The number of carbonyl (C=O) groups is 3. The molecule has 0 aliphatic carbocycles. The van der Waals surface area contributed by atoms with E-state index < -0.39 is 11.9 Å². The summed E-state index contributed by atoms with van der Waals surface area (Å²) in [6, 6.07) is 18.3. The van der Waals surface area contributed by atoms with Gasteiger partial charge in [0.15, 0.2) is 11.5 Å². The van der Waals surface area contributed by atoms with E-state index >= 15 is 0 Å². The predicted octanol–water partition coefficient (Wildman–Crippen LogP) is 3.71. The Morgan fingerprint density at radius 3 is 2.43 bits per heavy atom. The number of hydrogen-bond acceptors (Lipinski definition) is 6. The topological polar surface area (TPSA) is 85.4 Å². The lowest BCUT2D eigenvalue weighted by Crippen LogP contribution is -2.45. The van der Waals surface area contributed by atoms with Crippen LogP contribution in [0.15, 0.2) is 66.7 Å². The number of fused-ring (bicyclic) bond motifs is 1. The minimum absolute atomic E-state index is 0.104. The van der Waals surface area contributed by atoms with E-state index in [0.29, 0.717) is 28.5 Å². The van der Waals surface area contributed by atoms with Gasteiger partial charge in [-0.2, -0.15) is 0 Å². The van der Waals surface area contributed by atoms with E-state index in [1.54, 1.807) is 55.6 Å². The first kappa shape index (κ1) is 22.5. The summed E-state index contributed by atoms with van der Waals surface area (Å²) < 4.78 is 16.0. The first-order chi connectivity index (χ1) is 16.9. The van der Waals surface area contributed by atoms with Gasteiger partial charge in [0, 0.05) is 12.1 Å². The van der Waals surface area contributed by atoms with Crippen LogP contribution in [0.1, 0.15) is 27.9 Å². The molecule has 3 amide bonds. The van der Waals surface area contributed by atoms with E-state index in [4.69, 9.17) is 14.2 Å². The molecule has 35 heavy (non-hydrogen) atoms. The van der Waals surface area contributed by atoms with E-state index in [2.05, 4.69) is 0 Å². The van der Waals surface area contributed by atoms with Crippen LogP contribution in [0.4, 0.5) is 5.69 Å². The molecule has 0 radical (unpaired) electrons. The molecule has 3 aromatic carbocycles. The fourth-order valence-corrected chi connectivity index (χ4v) is 4.28. The molecule has 178 valence electrons. The Kier molecular flexibility index (Phi) is 5.86. The summed E-state index contributed by atoms with van der Waals surface area (Å²) in [7, 11) is 1.54. The lowest BCUT2D eigenvalue weighted by Gasteiger charge is -2.28. The van der Waals surface area contributed by atoms with Crippen molar-refractivity contribution in [2.45, 2.75) is 25.9 Å². The molecule has 0 saturated carbocycles. The smallest absolute Gasteiger partial charge is 0.257 e. The molecule has 0 aromatic heterocycles. The van der Waals surface area contributed by atoms with Crippen LogP contribution in [0.25, 0.3) is 0 Å². The first-order valence-corrected chi connectivity index (χ1v) is 11.2. The number of benzene rings is 3. The van der Waals surface area contributed by atoms with Gasteiger partial charge in [0.1, 0.15) is 11.8 Å². The van der Waals surface area contributed by atoms with Gasteiger partial charge in [-0.15, -0.1) is 0 Å². The fraction of sp³-hybridized carbons (Fsp3) is 0.222. The number of hydrogen-bond donors (Lipinski definition) is 0. The molecule has 1 fully saturated rings. The molecule has 2 heterocycles. The van der Waals surface area contributed by atoms with Crippen LogP contribution in [-0.2, 0) is 16.1 Å². The highest BCUT2D eigenvalue weighted by Gasteiger charge is 2.44. The lowest BCUT2D eigenvalue weighted by atomic mass is 10.1. The molecule has 8 heteroatoms. The molecule has 0 bridgehead atoms. The number of carbonyl (C=O) groups excluding carboxylic acids is 3.